The van der Waals surface area contributed by atoms with E-state index in [1.807, 2.05) is 0 Å². The van der Waals surface area contributed by atoms with Crippen molar-refractivity contribution in [1.29, 1.82) is 0 Å². The average Bonchev–Trinajstić information content (AvgIpc) is 3.39. The van der Waals surface area contributed by atoms with Crippen LogP contribution in [-0.2, 0) is 4.79 Å². The molecule has 0 saturated heterocycles. The zero-order valence-corrected chi connectivity index (χ0v) is 48.4. The number of hydrogen-bond acceptors (Lipinski definition) is 3. The molecule has 4 heteroatoms. The lowest BCUT2D eigenvalue weighted by molar-refractivity contribution is -0.123. The fourth-order valence-corrected chi connectivity index (χ4v) is 9.90. The molecule has 2 atom stereocenters. The standard InChI is InChI=1S/C68H125NO3/c1-3-5-7-9-11-13-15-17-19-21-23-25-27-28-29-30-31-32-33-34-35-36-37-38-39-40-42-44-46-48-50-52-54-56-58-60-62-64-68(72)69-66(65-70)67(71)63-61-59-57-55-53-51-49-47-45-43-41-26-24-22-20-18-16-14-12-10-8-6-4-2/h5,7,11,13,17,19,23,25,28-29,31-32,66-67,70-71H,3-4,6,8-10,12,14-16,18,20-22,24,26-27,30,33-65H2,1-2H3,(H,69,72)/b7-5-,13-11-,19-17-,25-23-,29-28-,32-31-. The van der Waals surface area contributed by atoms with Gasteiger partial charge in [0.25, 0.3) is 0 Å². The molecule has 1 amide bonds. The van der Waals surface area contributed by atoms with Gasteiger partial charge in [-0.3, -0.25) is 4.79 Å². The van der Waals surface area contributed by atoms with Gasteiger partial charge in [-0.1, -0.05) is 337 Å². The number of unbranched alkanes of at least 4 members (excludes halogenated alkanes) is 40. The van der Waals surface area contributed by atoms with Crippen molar-refractivity contribution in [3.05, 3.63) is 72.9 Å². The van der Waals surface area contributed by atoms with E-state index in [1.54, 1.807) is 0 Å². The Bertz CT molecular complexity index is 1230. The van der Waals surface area contributed by atoms with Crippen LogP contribution < -0.4 is 5.32 Å². The monoisotopic (exact) mass is 1000 g/mol. The van der Waals surface area contributed by atoms with E-state index in [1.165, 1.54) is 244 Å². The van der Waals surface area contributed by atoms with Crippen molar-refractivity contribution in [3.63, 3.8) is 0 Å². The molecular weight excluding hydrogens is 879 g/mol. The van der Waals surface area contributed by atoms with E-state index in [0.717, 1.165) is 64.2 Å². The molecule has 0 aliphatic heterocycles. The number of aliphatic hydroxyl groups excluding tert-OH is 2. The smallest absolute Gasteiger partial charge is 0.220 e. The highest BCUT2D eigenvalue weighted by molar-refractivity contribution is 5.76. The molecule has 420 valence electrons. The molecule has 0 bridgehead atoms. The Labute approximate surface area is 450 Å². The molecule has 72 heavy (non-hydrogen) atoms. The maximum Gasteiger partial charge on any atom is 0.220 e. The molecule has 0 fully saturated rings. The van der Waals surface area contributed by atoms with Crippen LogP contribution in [-0.4, -0.2) is 34.9 Å². The molecular formula is C68H125NO3. The summed E-state index contributed by atoms with van der Waals surface area (Å²) in [6.45, 7) is 4.27. The fraction of sp³-hybridized carbons (Fsp3) is 0.809. The number of carbonyl (C=O) groups is 1. The Morgan fingerprint density at radius 2 is 0.611 bits per heavy atom. The van der Waals surface area contributed by atoms with Crippen molar-refractivity contribution in [2.45, 2.75) is 347 Å². The lowest BCUT2D eigenvalue weighted by Gasteiger charge is -2.22. The molecule has 0 aromatic heterocycles. The first-order chi connectivity index (χ1) is 35.7. The van der Waals surface area contributed by atoms with Gasteiger partial charge in [-0.25, -0.2) is 0 Å². The Balaban J connectivity index is 3.44. The number of hydrogen-bond donors (Lipinski definition) is 3. The molecule has 0 radical (unpaired) electrons. The van der Waals surface area contributed by atoms with Gasteiger partial charge in [0.15, 0.2) is 0 Å². The number of aliphatic hydroxyl groups is 2. The van der Waals surface area contributed by atoms with Crippen LogP contribution in [0, 0.1) is 0 Å². The van der Waals surface area contributed by atoms with E-state index in [9.17, 15) is 15.0 Å². The molecule has 0 aliphatic rings. The predicted molar refractivity (Wildman–Crippen MR) is 322 cm³/mol. The van der Waals surface area contributed by atoms with Crippen LogP contribution in [0.3, 0.4) is 0 Å². The molecule has 0 aliphatic carbocycles. The molecule has 0 aromatic carbocycles. The summed E-state index contributed by atoms with van der Waals surface area (Å²) in [6, 6.07) is -0.539. The Hall–Kier alpha value is -2.17. The third-order valence-electron chi connectivity index (χ3n) is 14.7. The van der Waals surface area contributed by atoms with E-state index in [4.69, 9.17) is 0 Å². The number of rotatable bonds is 59. The lowest BCUT2D eigenvalue weighted by Crippen LogP contribution is -2.45. The van der Waals surface area contributed by atoms with Crippen molar-refractivity contribution in [2.24, 2.45) is 0 Å². The summed E-state index contributed by atoms with van der Waals surface area (Å²) < 4.78 is 0. The highest BCUT2D eigenvalue weighted by atomic mass is 16.3. The van der Waals surface area contributed by atoms with Crippen molar-refractivity contribution in [1.82, 2.24) is 5.32 Å². The highest BCUT2D eigenvalue weighted by Crippen LogP contribution is 2.18. The second kappa shape index (κ2) is 63.1. The van der Waals surface area contributed by atoms with Gasteiger partial charge < -0.3 is 15.5 Å². The topological polar surface area (TPSA) is 69.6 Å². The summed E-state index contributed by atoms with van der Waals surface area (Å²) >= 11 is 0. The van der Waals surface area contributed by atoms with Gasteiger partial charge in [0.05, 0.1) is 18.8 Å². The molecule has 0 aromatic rings. The second-order valence-corrected chi connectivity index (χ2v) is 21.8. The number of nitrogens with one attached hydrogen (secondary N) is 1. The van der Waals surface area contributed by atoms with Gasteiger partial charge in [0.1, 0.15) is 0 Å². The minimum atomic E-state index is -0.662. The third-order valence-corrected chi connectivity index (χ3v) is 14.7. The van der Waals surface area contributed by atoms with E-state index in [0.29, 0.717) is 12.8 Å². The van der Waals surface area contributed by atoms with Crippen LogP contribution in [0.1, 0.15) is 335 Å². The van der Waals surface area contributed by atoms with Crippen LogP contribution in [0.2, 0.25) is 0 Å². The summed E-state index contributed by atoms with van der Waals surface area (Å²) in [5.41, 5.74) is 0. The summed E-state index contributed by atoms with van der Waals surface area (Å²) in [6.07, 6.45) is 90.7. The first-order valence-electron chi connectivity index (χ1n) is 32.1. The summed E-state index contributed by atoms with van der Waals surface area (Å²) in [5, 5.41) is 23.4. The van der Waals surface area contributed by atoms with Crippen molar-refractivity contribution < 1.29 is 15.0 Å². The summed E-state index contributed by atoms with van der Waals surface area (Å²) in [5.74, 6) is -0.0270. The molecule has 0 heterocycles. The normalized spacial score (nSPS) is 13.2. The molecule has 0 spiro atoms. The molecule has 3 N–H and O–H groups in total. The summed E-state index contributed by atoms with van der Waals surface area (Å²) in [7, 11) is 0. The minimum Gasteiger partial charge on any atom is -0.394 e. The van der Waals surface area contributed by atoms with Crippen molar-refractivity contribution in [2.75, 3.05) is 6.61 Å². The van der Waals surface area contributed by atoms with E-state index < -0.39 is 12.1 Å². The van der Waals surface area contributed by atoms with Gasteiger partial charge in [-0.15, -0.1) is 0 Å². The van der Waals surface area contributed by atoms with Gasteiger partial charge >= 0.3 is 0 Å². The van der Waals surface area contributed by atoms with Crippen molar-refractivity contribution in [3.8, 4) is 0 Å². The minimum absolute atomic E-state index is 0.0270. The average molecular weight is 1000 g/mol. The van der Waals surface area contributed by atoms with Gasteiger partial charge in [0, 0.05) is 6.42 Å². The second-order valence-electron chi connectivity index (χ2n) is 21.8. The van der Waals surface area contributed by atoms with Crippen LogP contribution in [0.15, 0.2) is 72.9 Å². The molecule has 4 nitrogen and oxygen atoms in total. The third kappa shape index (κ3) is 58.7. The molecule has 2 unspecified atom stereocenters. The van der Waals surface area contributed by atoms with Crippen LogP contribution in [0.5, 0.6) is 0 Å². The number of amides is 1. The zero-order chi connectivity index (χ0) is 52.0. The van der Waals surface area contributed by atoms with E-state index >= 15 is 0 Å². The largest absolute Gasteiger partial charge is 0.394 e. The first kappa shape index (κ1) is 69.8. The van der Waals surface area contributed by atoms with Crippen LogP contribution in [0.25, 0.3) is 0 Å². The lowest BCUT2D eigenvalue weighted by atomic mass is 10.0. The number of carbonyl (C=O) groups excluding carboxylic acids is 1. The maximum absolute atomic E-state index is 12.5. The maximum atomic E-state index is 12.5. The zero-order valence-electron chi connectivity index (χ0n) is 48.4. The van der Waals surface area contributed by atoms with Crippen molar-refractivity contribution >= 4 is 5.91 Å². The Morgan fingerprint density at radius 1 is 0.347 bits per heavy atom. The van der Waals surface area contributed by atoms with E-state index in [2.05, 4.69) is 92.1 Å². The Morgan fingerprint density at radius 3 is 0.917 bits per heavy atom. The van der Waals surface area contributed by atoms with E-state index in [-0.39, 0.29) is 12.5 Å². The summed E-state index contributed by atoms with van der Waals surface area (Å²) in [4.78, 5) is 12.5. The highest BCUT2D eigenvalue weighted by Gasteiger charge is 2.20. The van der Waals surface area contributed by atoms with Crippen LogP contribution in [0.4, 0.5) is 0 Å². The SMILES string of the molecule is CC/C=C\C/C=C\C/C=C\C/C=C\C/C=C\C/C=C\CCCCCCCCCCCCCCCCCCCCC(=O)NC(CO)C(O)CCCCCCCCCCCCCCCCCCCCCCCCC. The molecule has 0 saturated carbocycles. The Kier molecular flexibility index (Phi) is 61.2. The fourth-order valence-electron chi connectivity index (χ4n) is 9.90. The molecule has 0 rings (SSSR count). The van der Waals surface area contributed by atoms with Gasteiger partial charge in [-0.05, 0) is 64.2 Å². The first-order valence-corrected chi connectivity index (χ1v) is 32.1. The van der Waals surface area contributed by atoms with Gasteiger partial charge in [-0.2, -0.15) is 0 Å². The van der Waals surface area contributed by atoms with Crippen LogP contribution >= 0.6 is 0 Å². The quantitative estimate of drug-likeness (QED) is 0.0420. The van der Waals surface area contributed by atoms with Gasteiger partial charge in [0.2, 0.25) is 5.91 Å². The number of allylic oxidation sites excluding steroid dienone is 12. The predicted octanol–water partition coefficient (Wildman–Crippen LogP) is 21.7.